The number of aromatic nitrogens is 4. The molecule has 5 aromatic rings. The highest BCUT2D eigenvalue weighted by molar-refractivity contribution is 5.95. The predicted octanol–water partition coefficient (Wildman–Crippen LogP) is 8.90. The van der Waals surface area contributed by atoms with Gasteiger partial charge in [0, 0.05) is 71.8 Å². The van der Waals surface area contributed by atoms with Crippen LogP contribution in [0.5, 0.6) is 0 Å². The molecule has 0 saturated heterocycles. The third-order valence-corrected chi connectivity index (χ3v) is 8.35. The van der Waals surface area contributed by atoms with Crippen molar-refractivity contribution in [1.29, 1.82) is 0 Å². The maximum atomic E-state index is 5.31. The van der Waals surface area contributed by atoms with E-state index < -0.39 is 0 Å². The lowest BCUT2D eigenvalue weighted by atomic mass is 10.0. The largest absolute Gasteiger partial charge is 0.378 e. The van der Waals surface area contributed by atoms with Gasteiger partial charge in [-0.15, -0.1) is 0 Å². The molecule has 5 heterocycles. The summed E-state index contributed by atoms with van der Waals surface area (Å²) in [6.07, 6.45) is 8.38. The van der Waals surface area contributed by atoms with Crippen LogP contribution in [0.4, 0.5) is 11.4 Å². The average molecular weight is 577 g/mol. The summed E-state index contributed by atoms with van der Waals surface area (Å²) in [5.74, 6) is 0. The zero-order valence-corrected chi connectivity index (χ0v) is 25.6. The molecule has 44 heavy (non-hydrogen) atoms. The van der Waals surface area contributed by atoms with Gasteiger partial charge in [-0.3, -0.25) is 0 Å². The molecule has 0 saturated carbocycles. The molecule has 2 aliphatic rings. The van der Waals surface area contributed by atoms with Crippen molar-refractivity contribution in [2.75, 3.05) is 37.0 Å². The fourth-order valence-corrected chi connectivity index (χ4v) is 6.04. The number of benzene rings is 2. The second-order valence-electron chi connectivity index (χ2n) is 11.4. The molecule has 6 nitrogen and oxygen atoms in total. The number of anilines is 2. The lowest BCUT2D eigenvalue weighted by Gasteiger charge is -2.21. The normalized spacial score (nSPS) is 12.1. The summed E-state index contributed by atoms with van der Waals surface area (Å²) in [7, 11) is 4.12. The van der Waals surface area contributed by atoms with E-state index >= 15 is 0 Å². The van der Waals surface area contributed by atoms with Gasteiger partial charge in [-0.2, -0.15) is 0 Å². The smallest absolute Gasteiger partial charge is 0.0737 e. The first kappa shape index (κ1) is 27.5. The Morgan fingerprint density at radius 1 is 0.545 bits per heavy atom. The van der Waals surface area contributed by atoms with Crippen LogP contribution in [-0.2, 0) is 0 Å². The van der Waals surface area contributed by atoms with Crippen molar-refractivity contribution < 1.29 is 0 Å². The lowest BCUT2D eigenvalue weighted by Crippen LogP contribution is -2.21. The van der Waals surface area contributed by atoms with E-state index in [2.05, 4.69) is 157 Å². The molecular weight excluding hydrogens is 540 g/mol. The highest BCUT2D eigenvalue weighted by atomic mass is 15.1. The maximum absolute atomic E-state index is 5.31. The lowest BCUT2D eigenvalue weighted by molar-refractivity contribution is 0.866. The second kappa shape index (κ2) is 11.4. The predicted molar refractivity (Wildman–Crippen MR) is 188 cm³/mol. The van der Waals surface area contributed by atoms with Crippen molar-refractivity contribution in [3.05, 3.63) is 108 Å². The van der Waals surface area contributed by atoms with Gasteiger partial charge in [0.25, 0.3) is 0 Å². The molecule has 0 atom stereocenters. The molecule has 8 bridgehead atoms. The van der Waals surface area contributed by atoms with Gasteiger partial charge in [0.05, 0.1) is 22.8 Å². The van der Waals surface area contributed by atoms with Crippen LogP contribution in [-0.4, -0.2) is 47.1 Å². The highest BCUT2D eigenvalue weighted by Crippen LogP contribution is 2.35. The van der Waals surface area contributed by atoms with Crippen LogP contribution in [0.3, 0.4) is 0 Å². The molecule has 3 aromatic heterocycles. The first-order chi connectivity index (χ1) is 21.5. The fourth-order valence-electron chi connectivity index (χ4n) is 6.04. The molecule has 2 aliphatic heterocycles. The standard InChI is InChI=1S/C38H36N6/c1-5-44(6-2)32-17-9-26(10-18-32)38-34-20-14-30(41-34)24-28-12-11-27(39-28)23-29-13-19-33(40-29)37(35-21-22-36(38)42-35)25-7-15-31(16-8-25)43(3)4/h7-24,40-41H,5-6H2,1-4H3. The number of H-pyrrole nitrogens is 2. The molecule has 0 unspecified atom stereocenters. The third kappa shape index (κ3) is 5.20. The van der Waals surface area contributed by atoms with Gasteiger partial charge < -0.3 is 19.8 Å². The Kier molecular flexibility index (Phi) is 7.10. The summed E-state index contributed by atoms with van der Waals surface area (Å²) in [6, 6.07) is 30.2. The summed E-state index contributed by atoms with van der Waals surface area (Å²) in [5, 5.41) is 0. The molecule has 218 valence electrons. The Hall–Kier alpha value is -5.36. The Balaban J connectivity index is 1.53. The van der Waals surface area contributed by atoms with Gasteiger partial charge in [-0.1, -0.05) is 24.3 Å². The van der Waals surface area contributed by atoms with Crippen LogP contribution in [0.1, 0.15) is 36.6 Å². The van der Waals surface area contributed by atoms with Crippen LogP contribution in [0.15, 0.2) is 84.9 Å². The van der Waals surface area contributed by atoms with Crippen molar-refractivity contribution in [2.45, 2.75) is 13.8 Å². The highest BCUT2D eigenvalue weighted by Gasteiger charge is 2.16. The van der Waals surface area contributed by atoms with Crippen LogP contribution in [0, 0.1) is 0 Å². The number of aromatic amines is 2. The summed E-state index contributed by atoms with van der Waals surface area (Å²) < 4.78 is 0. The van der Waals surface area contributed by atoms with Crippen LogP contribution in [0.25, 0.3) is 68.6 Å². The summed E-state index contributed by atoms with van der Waals surface area (Å²) >= 11 is 0. The number of fused-ring (bicyclic) bond motifs is 8. The van der Waals surface area contributed by atoms with Gasteiger partial charge in [0.2, 0.25) is 0 Å². The second-order valence-corrected chi connectivity index (χ2v) is 11.4. The van der Waals surface area contributed by atoms with E-state index in [1.807, 2.05) is 0 Å². The monoisotopic (exact) mass is 576 g/mol. The van der Waals surface area contributed by atoms with Gasteiger partial charge in [-0.05, 0) is 110 Å². The van der Waals surface area contributed by atoms with E-state index in [1.165, 1.54) is 5.69 Å². The molecule has 2 aromatic carbocycles. The average Bonchev–Trinajstić information content (AvgIpc) is 3.86. The molecule has 0 aliphatic carbocycles. The van der Waals surface area contributed by atoms with E-state index in [9.17, 15) is 0 Å². The Morgan fingerprint density at radius 2 is 1.02 bits per heavy atom. The SMILES string of the molecule is CCN(CC)c1ccc(-c2c3nc(c(-c4ccc(N(C)C)cc4)c4ccc(cc5nc(cc6ccc2[nH]6)C=C5)[nH]4)C=C3)cc1. The van der Waals surface area contributed by atoms with E-state index in [0.717, 1.165) is 85.9 Å². The molecule has 0 spiro atoms. The minimum Gasteiger partial charge on any atom is -0.378 e. The Labute approximate surface area is 258 Å². The number of hydrogen-bond acceptors (Lipinski definition) is 4. The van der Waals surface area contributed by atoms with Crippen LogP contribution >= 0.6 is 0 Å². The van der Waals surface area contributed by atoms with E-state index in [1.54, 1.807) is 0 Å². The van der Waals surface area contributed by atoms with E-state index in [-0.39, 0.29) is 0 Å². The van der Waals surface area contributed by atoms with E-state index in [4.69, 9.17) is 9.97 Å². The van der Waals surface area contributed by atoms with Crippen molar-refractivity contribution in [3.63, 3.8) is 0 Å². The Bertz CT molecular complexity index is 2050. The molecule has 0 amide bonds. The van der Waals surface area contributed by atoms with Crippen molar-refractivity contribution in [3.8, 4) is 22.3 Å². The quantitative estimate of drug-likeness (QED) is 0.207. The van der Waals surface area contributed by atoms with Crippen molar-refractivity contribution >= 4 is 57.7 Å². The zero-order valence-electron chi connectivity index (χ0n) is 25.6. The minimum atomic E-state index is 0.912. The van der Waals surface area contributed by atoms with Gasteiger partial charge in [0.1, 0.15) is 0 Å². The molecule has 7 rings (SSSR count). The number of rotatable bonds is 6. The van der Waals surface area contributed by atoms with Gasteiger partial charge in [0.15, 0.2) is 0 Å². The maximum Gasteiger partial charge on any atom is 0.0737 e. The number of nitrogens with one attached hydrogen (secondary N) is 2. The zero-order chi connectivity index (χ0) is 30.2. The van der Waals surface area contributed by atoms with Crippen molar-refractivity contribution in [2.24, 2.45) is 0 Å². The summed E-state index contributed by atoms with van der Waals surface area (Å²) in [6.45, 7) is 6.33. The summed E-state index contributed by atoms with van der Waals surface area (Å²) in [5.41, 5.74) is 14.4. The molecule has 0 radical (unpaired) electrons. The first-order valence-corrected chi connectivity index (χ1v) is 15.2. The first-order valence-electron chi connectivity index (χ1n) is 15.2. The molecule has 2 N–H and O–H groups in total. The van der Waals surface area contributed by atoms with Gasteiger partial charge >= 0.3 is 0 Å². The van der Waals surface area contributed by atoms with Crippen LogP contribution in [0.2, 0.25) is 0 Å². The third-order valence-electron chi connectivity index (χ3n) is 8.35. The van der Waals surface area contributed by atoms with Crippen LogP contribution < -0.4 is 9.80 Å². The molecular formula is C38H36N6. The summed E-state index contributed by atoms with van der Waals surface area (Å²) in [4.78, 5) is 21.9. The molecule has 6 heteroatoms. The van der Waals surface area contributed by atoms with Gasteiger partial charge in [-0.25, -0.2) is 9.97 Å². The number of nitrogens with zero attached hydrogens (tertiary/aromatic N) is 4. The van der Waals surface area contributed by atoms with Crippen molar-refractivity contribution in [1.82, 2.24) is 19.9 Å². The fraction of sp³-hybridized carbons (Fsp3) is 0.158. The Morgan fingerprint density at radius 3 is 1.48 bits per heavy atom. The molecule has 0 fully saturated rings. The van der Waals surface area contributed by atoms with E-state index in [0.29, 0.717) is 0 Å². The topological polar surface area (TPSA) is 63.8 Å². The minimum absolute atomic E-state index is 0.912. The number of hydrogen-bond donors (Lipinski definition) is 2.